The molecule has 2 aromatic rings. The molecule has 2 heterocycles. The molecule has 0 saturated carbocycles. The largest absolute Gasteiger partial charge is 0.467 e. The van der Waals surface area contributed by atoms with Crippen molar-refractivity contribution in [2.24, 2.45) is 0 Å². The van der Waals surface area contributed by atoms with Gasteiger partial charge in [-0.05, 0) is 26.0 Å². The predicted molar refractivity (Wildman–Crippen MR) is 80.9 cm³/mol. The standard InChI is InChI=1S/C14H16N2O5S/c1-8(6-11(17)12-4-3-5-21-12)15-14(18)13-7-10(16(19)20)9(2)22-13/h3-5,7-8,11,17H,6H2,1-2H3,(H,15,18)/t8-,11+/m0/s1. The minimum absolute atomic E-state index is 0.0570. The van der Waals surface area contributed by atoms with Crippen LogP contribution in [0.2, 0.25) is 0 Å². The van der Waals surface area contributed by atoms with Crippen molar-refractivity contribution in [1.29, 1.82) is 0 Å². The van der Waals surface area contributed by atoms with Gasteiger partial charge >= 0.3 is 0 Å². The molecule has 0 saturated heterocycles. The third-order valence-electron chi connectivity index (χ3n) is 3.14. The van der Waals surface area contributed by atoms with Gasteiger partial charge in [0.2, 0.25) is 0 Å². The Hall–Kier alpha value is -2.19. The fourth-order valence-electron chi connectivity index (χ4n) is 2.05. The number of carbonyl (C=O) groups is 1. The highest BCUT2D eigenvalue weighted by Crippen LogP contribution is 2.28. The van der Waals surface area contributed by atoms with E-state index in [2.05, 4.69) is 5.32 Å². The molecule has 0 aliphatic heterocycles. The van der Waals surface area contributed by atoms with Crippen molar-refractivity contribution in [3.05, 3.63) is 50.1 Å². The SMILES string of the molecule is Cc1sc(C(=O)N[C@@H](C)C[C@@H](O)c2ccco2)cc1[N+](=O)[O-]. The summed E-state index contributed by atoms with van der Waals surface area (Å²) in [5.74, 6) is 0.0454. The van der Waals surface area contributed by atoms with E-state index < -0.39 is 11.0 Å². The van der Waals surface area contributed by atoms with Gasteiger partial charge in [-0.2, -0.15) is 0 Å². The zero-order valence-electron chi connectivity index (χ0n) is 12.1. The number of carbonyl (C=O) groups excluding carboxylic acids is 1. The Bertz CT molecular complexity index is 665. The maximum atomic E-state index is 12.1. The molecule has 7 nitrogen and oxygen atoms in total. The van der Waals surface area contributed by atoms with E-state index in [0.29, 0.717) is 10.6 Å². The number of thiophene rings is 1. The van der Waals surface area contributed by atoms with Crippen LogP contribution in [0.1, 0.15) is 39.8 Å². The Balaban J connectivity index is 1.96. The summed E-state index contributed by atoms with van der Waals surface area (Å²) in [4.78, 5) is 23.1. The van der Waals surface area contributed by atoms with Crippen LogP contribution in [0.25, 0.3) is 0 Å². The molecule has 0 aliphatic carbocycles. The summed E-state index contributed by atoms with van der Waals surface area (Å²) in [6.45, 7) is 3.35. The minimum atomic E-state index is -0.815. The fraction of sp³-hybridized carbons (Fsp3) is 0.357. The van der Waals surface area contributed by atoms with E-state index in [-0.39, 0.29) is 28.9 Å². The first kappa shape index (κ1) is 16.2. The van der Waals surface area contributed by atoms with Crippen LogP contribution in [0.15, 0.2) is 28.9 Å². The molecule has 2 rings (SSSR count). The lowest BCUT2D eigenvalue weighted by molar-refractivity contribution is -0.385. The highest BCUT2D eigenvalue weighted by Gasteiger charge is 2.22. The Morgan fingerprint density at radius 2 is 2.32 bits per heavy atom. The molecular weight excluding hydrogens is 308 g/mol. The number of rotatable bonds is 6. The lowest BCUT2D eigenvalue weighted by Crippen LogP contribution is -2.33. The molecule has 2 atom stereocenters. The molecule has 0 aromatic carbocycles. The number of nitro groups is 1. The number of aliphatic hydroxyl groups excluding tert-OH is 1. The monoisotopic (exact) mass is 324 g/mol. The fourth-order valence-corrected chi connectivity index (χ4v) is 2.94. The topological polar surface area (TPSA) is 106 Å². The summed E-state index contributed by atoms with van der Waals surface area (Å²) in [6.07, 6.45) is 0.936. The van der Waals surface area contributed by atoms with Crippen molar-refractivity contribution in [3.8, 4) is 0 Å². The van der Waals surface area contributed by atoms with E-state index >= 15 is 0 Å². The summed E-state index contributed by atoms with van der Waals surface area (Å²) >= 11 is 1.07. The van der Waals surface area contributed by atoms with E-state index in [1.807, 2.05) is 0 Å². The lowest BCUT2D eigenvalue weighted by atomic mass is 10.1. The van der Waals surface area contributed by atoms with Crippen LogP contribution in [0, 0.1) is 17.0 Å². The Morgan fingerprint density at radius 1 is 1.59 bits per heavy atom. The van der Waals surface area contributed by atoms with Crippen LogP contribution in [-0.2, 0) is 0 Å². The molecule has 22 heavy (non-hydrogen) atoms. The van der Waals surface area contributed by atoms with Crippen molar-refractivity contribution in [2.45, 2.75) is 32.4 Å². The van der Waals surface area contributed by atoms with Gasteiger partial charge in [0.15, 0.2) is 0 Å². The van der Waals surface area contributed by atoms with Crippen molar-refractivity contribution >= 4 is 22.9 Å². The summed E-state index contributed by atoms with van der Waals surface area (Å²) in [6, 6.07) is 4.29. The van der Waals surface area contributed by atoms with Gasteiger partial charge in [-0.15, -0.1) is 11.3 Å². The molecule has 0 unspecified atom stereocenters. The van der Waals surface area contributed by atoms with Gasteiger partial charge in [-0.1, -0.05) is 0 Å². The predicted octanol–water partition coefficient (Wildman–Crippen LogP) is 2.80. The van der Waals surface area contributed by atoms with Crippen molar-refractivity contribution < 1.29 is 19.2 Å². The molecule has 0 bridgehead atoms. The second kappa shape index (κ2) is 6.71. The molecular formula is C14H16N2O5S. The molecule has 1 amide bonds. The first-order chi connectivity index (χ1) is 10.4. The van der Waals surface area contributed by atoms with E-state index in [4.69, 9.17) is 4.42 Å². The molecule has 0 fully saturated rings. The van der Waals surface area contributed by atoms with Crippen LogP contribution in [0.5, 0.6) is 0 Å². The van der Waals surface area contributed by atoms with E-state index in [1.165, 1.54) is 12.3 Å². The molecule has 0 aliphatic rings. The van der Waals surface area contributed by atoms with Crippen LogP contribution < -0.4 is 5.32 Å². The number of nitrogens with zero attached hydrogens (tertiary/aromatic N) is 1. The van der Waals surface area contributed by atoms with Crippen LogP contribution in [0.3, 0.4) is 0 Å². The Morgan fingerprint density at radius 3 is 2.86 bits per heavy atom. The average molecular weight is 324 g/mol. The summed E-state index contributed by atoms with van der Waals surface area (Å²) < 4.78 is 5.10. The first-order valence-corrected chi connectivity index (χ1v) is 7.47. The molecule has 2 N–H and O–H groups in total. The quantitative estimate of drug-likeness (QED) is 0.628. The van der Waals surface area contributed by atoms with Crippen molar-refractivity contribution in [1.82, 2.24) is 5.32 Å². The maximum Gasteiger partial charge on any atom is 0.283 e. The molecule has 2 aromatic heterocycles. The summed E-state index contributed by atoms with van der Waals surface area (Å²) in [7, 11) is 0. The molecule has 0 radical (unpaired) electrons. The molecule has 0 spiro atoms. The van der Waals surface area contributed by atoms with Crippen molar-refractivity contribution in [2.75, 3.05) is 0 Å². The van der Waals surface area contributed by atoms with Crippen LogP contribution >= 0.6 is 11.3 Å². The van der Waals surface area contributed by atoms with Gasteiger partial charge in [0, 0.05) is 18.5 Å². The Kier molecular flexibility index (Phi) is 4.94. The van der Waals surface area contributed by atoms with E-state index in [0.717, 1.165) is 11.3 Å². The second-order valence-corrected chi connectivity index (χ2v) is 6.21. The second-order valence-electron chi connectivity index (χ2n) is 4.95. The summed E-state index contributed by atoms with van der Waals surface area (Å²) in [5.41, 5.74) is -0.0570. The number of furan rings is 1. The number of hydrogen-bond donors (Lipinski definition) is 2. The summed E-state index contributed by atoms with van der Waals surface area (Å²) in [5, 5.41) is 23.5. The number of amides is 1. The lowest BCUT2D eigenvalue weighted by Gasteiger charge is -2.16. The van der Waals surface area contributed by atoms with Crippen LogP contribution in [-0.4, -0.2) is 22.0 Å². The van der Waals surface area contributed by atoms with Gasteiger partial charge < -0.3 is 14.8 Å². The van der Waals surface area contributed by atoms with Crippen LogP contribution in [0.4, 0.5) is 5.69 Å². The zero-order chi connectivity index (χ0) is 16.3. The average Bonchev–Trinajstić information content (AvgIpc) is 3.06. The van der Waals surface area contributed by atoms with Gasteiger partial charge in [0.25, 0.3) is 11.6 Å². The normalized spacial score (nSPS) is 13.6. The molecule has 8 heteroatoms. The number of hydrogen-bond acceptors (Lipinski definition) is 6. The Labute approximate surface area is 130 Å². The molecule has 118 valence electrons. The van der Waals surface area contributed by atoms with Gasteiger partial charge in [0.1, 0.15) is 11.9 Å². The maximum absolute atomic E-state index is 12.1. The highest BCUT2D eigenvalue weighted by molar-refractivity contribution is 7.14. The third kappa shape index (κ3) is 3.71. The highest BCUT2D eigenvalue weighted by atomic mass is 32.1. The number of aryl methyl sites for hydroxylation is 1. The van der Waals surface area contributed by atoms with E-state index in [9.17, 15) is 20.0 Å². The van der Waals surface area contributed by atoms with Gasteiger partial charge in [0.05, 0.1) is 20.9 Å². The number of aliphatic hydroxyl groups is 1. The number of nitrogens with one attached hydrogen (secondary N) is 1. The first-order valence-electron chi connectivity index (χ1n) is 6.65. The van der Waals surface area contributed by atoms with Gasteiger partial charge in [-0.25, -0.2) is 0 Å². The van der Waals surface area contributed by atoms with Crippen molar-refractivity contribution in [3.63, 3.8) is 0 Å². The zero-order valence-corrected chi connectivity index (χ0v) is 12.9. The third-order valence-corrected chi connectivity index (χ3v) is 4.18. The smallest absolute Gasteiger partial charge is 0.283 e. The van der Waals surface area contributed by atoms with Gasteiger partial charge in [-0.3, -0.25) is 14.9 Å². The van der Waals surface area contributed by atoms with E-state index in [1.54, 1.807) is 26.0 Å². The minimum Gasteiger partial charge on any atom is -0.467 e.